The van der Waals surface area contributed by atoms with Crippen LogP contribution in [-0.4, -0.2) is 18.2 Å². The Labute approximate surface area is 79.2 Å². The van der Waals surface area contributed by atoms with Crippen LogP contribution >= 0.6 is 0 Å². The van der Waals surface area contributed by atoms with E-state index in [0.717, 1.165) is 19.2 Å². The number of methoxy groups -OCH3 is 1. The lowest BCUT2D eigenvalue weighted by Crippen LogP contribution is -2.05. The normalized spacial score (nSPS) is 9.21. The third-order valence-electron chi connectivity index (χ3n) is 1.64. The molecular weight excluding hydrogens is 189 g/mol. The van der Waals surface area contributed by atoms with Crippen molar-refractivity contribution in [3.63, 3.8) is 0 Å². The summed E-state index contributed by atoms with van der Waals surface area (Å²) in [6, 6.07) is 3.62. The summed E-state index contributed by atoms with van der Waals surface area (Å²) >= 11 is 0. The van der Waals surface area contributed by atoms with E-state index in [0.29, 0.717) is 0 Å². The topological polar surface area (TPSA) is 70.3 Å². The first kappa shape index (κ1) is 9.99. The lowest BCUT2D eigenvalue weighted by molar-refractivity contribution is 0.0592. The number of halogens is 1. The fourth-order valence-electron chi connectivity index (χ4n) is 0.953. The Morgan fingerprint density at radius 1 is 1.64 bits per heavy atom. The molecular formula is C9H6FNO3. The van der Waals surface area contributed by atoms with Crippen LogP contribution in [0.5, 0.6) is 5.75 Å². The lowest BCUT2D eigenvalue weighted by Gasteiger charge is -2.04. The molecule has 0 aliphatic rings. The molecule has 0 bridgehead atoms. The van der Waals surface area contributed by atoms with E-state index < -0.39 is 23.1 Å². The second-order valence-corrected chi connectivity index (χ2v) is 2.42. The minimum Gasteiger partial charge on any atom is -0.506 e. The van der Waals surface area contributed by atoms with E-state index in [9.17, 15) is 14.3 Å². The minimum atomic E-state index is -1.02. The van der Waals surface area contributed by atoms with E-state index >= 15 is 0 Å². The van der Waals surface area contributed by atoms with Gasteiger partial charge >= 0.3 is 5.97 Å². The Balaban J connectivity index is 3.42. The molecule has 0 aromatic heterocycles. The summed E-state index contributed by atoms with van der Waals surface area (Å²) in [5.74, 6) is -2.63. The van der Waals surface area contributed by atoms with Gasteiger partial charge in [-0.25, -0.2) is 9.18 Å². The van der Waals surface area contributed by atoms with E-state index in [4.69, 9.17) is 5.26 Å². The molecule has 1 aromatic carbocycles. The number of aromatic hydroxyl groups is 1. The maximum absolute atomic E-state index is 13.0. The lowest BCUT2D eigenvalue weighted by atomic mass is 10.1. The highest BCUT2D eigenvalue weighted by atomic mass is 19.1. The summed E-state index contributed by atoms with van der Waals surface area (Å²) in [5.41, 5.74) is -0.793. The number of hydrogen-bond acceptors (Lipinski definition) is 4. The van der Waals surface area contributed by atoms with Crippen LogP contribution in [0.15, 0.2) is 12.1 Å². The molecule has 1 aromatic rings. The maximum atomic E-state index is 13.0. The summed E-state index contributed by atoms with van der Waals surface area (Å²) in [6.45, 7) is 0. The van der Waals surface area contributed by atoms with E-state index in [-0.39, 0.29) is 5.56 Å². The predicted molar refractivity (Wildman–Crippen MR) is 44.1 cm³/mol. The quantitative estimate of drug-likeness (QED) is 0.683. The Bertz CT molecular complexity index is 423. The van der Waals surface area contributed by atoms with Crippen LogP contribution in [0.1, 0.15) is 15.9 Å². The number of esters is 1. The molecule has 0 spiro atoms. The standard InChI is InChI=1S/C9H6FNO3/c1-14-9(13)7-6(10)3-2-5(4-11)8(7)12/h2-3,12H,1H3. The summed E-state index contributed by atoms with van der Waals surface area (Å²) in [6.07, 6.45) is 0. The third kappa shape index (κ3) is 1.50. The fraction of sp³-hybridized carbons (Fsp3) is 0.111. The fourth-order valence-corrected chi connectivity index (χ4v) is 0.953. The van der Waals surface area contributed by atoms with Gasteiger partial charge in [-0.05, 0) is 12.1 Å². The number of benzene rings is 1. The van der Waals surface area contributed by atoms with Gasteiger partial charge in [0.15, 0.2) is 5.75 Å². The van der Waals surface area contributed by atoms with Crippen molar-refractivity contribution in [1.82, 2.24) is 0 Å². The number of nitriles is 1. The van der Waals surface area contributed by atoms with Gasteiger partial charge in [-0.15, -0.1) is 0 Å². The number of carbonyl (C=O) groups excluding carboxylic acids is 1. The second kappa shape index (κ2) is 3.75. The van der Waals surface area contributed by atoms with Crippen molar-refractivity contribution in [3.05, 3.63) is 29.1 Å². The number of rotatable bonds is 1. The van der Waals surface area contributed by atoms with Crippen molar-refractivity contribution in [2.45, 2.75) is 0 Å². The number of phenols is 1. The molecule has 0 aliphatic carbocycles. The van der Waals surface area contributed by atoms with Crippen LogP contribution in [0.3, 0.4) is 0 Å². The highest BCUT2D eigenvalue weighted by Gasteiger charge is 2.20. The molecule has 0 atom stereocenters. The van der Waals surface area contributed by atoms with Gasteiger partial charge in [0.2, 0.25) is 0 Å². The van der Waals surface area contributed by atoms with Crippen molar-refractivity contribution >= 4 is 5.97 Å². The Kier molecular flexibility index (Phi) is 2.67. The average molecular weight is 195 g/mol. The van der Waals surface area contributed by atoms with Gasteiger partial charge in [0, 0.05) is 0 Å². The molecule has 5 heteroatoms. The number of ether oxygens (including phenoxy) is 1. The smallest absolute Gasteiger partial charge is 0.344 e. The molecule has 0 fully saturated rings. The molecule has 0 radical (unpaired) electrons. The van der Waals surface area contributed by atoms with E-state index in [1.54, 1.807) is 6.07 Å². The van der Waals surface area contributed by atoms with Crippen molar-refractivity contribution in [3.8, 4) is 11.8 Å². The zero-order valence-corrected chi connectivity index (χ0v) is 7.24. The summed E-state index contributed by atoms with van der Waals surface area (Å²) in [4.78, 5) is 11.0. The molecule has 0 amide bonds. The minimum absolute atomic E-state index is 0.174. The Morgan fingerprint density at radius 3 is 2.79 bits per heavy atom. The average Bonchev–Trinajstić information content (AvgIpc) is 2.18. The molecule has 4 nitrogen and oxygen atoms in total. The molecule has 0 saturated heterocycles. The third-order valence-corrected chi connectivity index (χ3v) is 1.64. The van der Waals surface area contributed by atoms with Crippen LogP contribution in [0.2, 0.25) is 0 Å². The van der Waals surface area contributed by atoms with Crippen LogP contribution in [0, 0.1) is 17.1 Å². The van der Waals surface area contributed by atoms with Gasteiger partial charge in [-0.2, -0.15) is 5.26 Å². The van der Waals surface area contributed by atoms with Crippen LogP contribution < -0.4 is 0 Å². The summed E-state index contributed by atoms with van der Waals surface area (Å²) in [7, 11) is 1.06. The predicted octanol–water partition coefficient (Wildman–Crippen LogP) is 1.19. The van der Waals surface area contributed by atoms with Crippen molar-refractivity contribution in [2.75, 3.05) is 7.11 Å². The van der Waals surface area contributed by atoms with Gasteiger partial charge in [0.25, 0.3) is 0 Å². The molecule has 72 valence electrons. The highest BCUT2D eigenvalue weighted by Crippen LogP contribution is 2.25. The SMILES string of the molecule is COC(=O)c1c(F)ccc(C#N)c1O. The first-order valence-corrected chi connectivity index (χ1v) is 3.61. The van der Waals surface area contributed by atoms with E-state index in [1.807, 2.05) is 0 Å². The molecule has 14 heavy (non-hydrogen) atoms. The number of hydrogen-bond donors (Lipinski definition) is 1. The summed E-state index contributed by atoms with van der Waals surface area (Å²) < 4.78 is 17.3. The highest BCUT2D eigenvalue weighted by molar-refractivity contribution is 5.93. The molecule has 0 aliphatic heterocycles. The first-order chi connectivity index (χ1) is 6.61. The zero-order valence-electron chi connectivity index (χ0n) is 7.24. The van der Waals surface area contributed by atoms with Gasteiger partial charge in [0.1, 0.15) is 17.4 Å². The van der Waals surface area contributed by atoms with Crippen LogP contribution in [-0.2, 0) is 4.74 Å². The van der Waals surface area contributed by atoms with Crippen LogP contribution in [0.4, 0.5) is 4.39 Å². The number of phenolic OH excluding ortho intramolecular Hbond substituents is 1. The zero-order chi connectivity index (χ0) is 10.7. The monoisotopic (exact) mass is 195 g/mol. The largest absolute Gasteiger partial charge is 0.506 e. The van der Waals surface area contributed by atoms with Crippen molar-refractivity contribution in [2.24, 2.45) is 0 Å². The van der Waals surface area contributed by atoms with Crippen molar-refractivity contribution in [1.29, 1.82) is 5.26 Å². The summed E-state index contributed by atoms with van der Waals surface area (Å²) in [5, 5.41) is 17.8. The Hall–Kier alpha value is -2.09. The first-order valence-electron chi connectivity index (χ1n) is 3.61. The van der Waals surface area contributed by atoms with E-state index in [1.165, 1.54) is 0 Å². The maximum Gasteiger partial charge on any atom is 0.344 e. The molecule has 1 N–H and O–H groups in total. The van der Waals surface area contributed by atoms with Gasteiger partial charge < -0.3 is 9.84 Å². The van der Waals surface area contributed by atoms with Crippen molar-refractivity contribution < 1.29 is 19.0 Å². The number of carbonyl (C=O) groups is 1. The van der Waals surface area contributed by atoms with Gasteiger partial charge in [0.05, 0.1) is 12.7 Å². The molecule has 1 rings (SSSR count). The van der Waals surface area contributed by atoms with Gasteiger partial charge in [-0.1, -0.05) is 0 Å². The second-order valence-electron chi connectivity index (χ2n) is 2.42. The van der Waals surface area contributed by atoms with Gasteiger partial charge in [-0.3, -0.25) is 0 Å². The molecule has 0 saturated carbocycles. The molecule has 0 unspecified atom stereocenters. The van der Waals surface area contributed by atoms with Crippen LogP contribution in [0.25, 0.3) is 0 Å². The number of nitrogens with zero attached hydrogens (tertiary/aromatic N) is 1. The van der Waals surface area contributed by atoms with E-state index in [2.05, 4.69) is 4.74 Å². The Morgan fingerprint density at radius 2 is 2.29 bits per heavy atom. The molecule has 0 heterocycles.